The predicted octanol–water partition coefficient (Wildman–Crippen LogP) is 2.50. The summed E-state index contributed by atoms with van der Waals surface area (Å²) < 4.78 is 0. The first-order chi connectivity index (χ1) is 6.66. The minimum absolute atomic E-state index is 0.610. The molecule has 0 saturated carbocycles. The number of rotatable bonds is 1. The van der Waals surface area contributed by atoms with Gasteiger partial charge in [-0.05, 0) is 37.5 Å². The molecule has 0 aliphatic carbocycles. The molecule has 3 heteroatoms. The molecule has 0 unspecified atom stereocenters. The van der Waals surface area contributed by atoms with E-state index >= 15 is 0 Å². The SMILES string of the molecule is CC(C)N1CCc2cc(Cl)ncc2C1. The van der Waals surface area contributed by atoms with Crippen LogP contribution in [0.4, 0.5) is 0 Å². The van der Waals surface area contributed by atoms with E-state index < -0.39 is 0 Å². The molecule has 0 atom stereocenters. The first kappa shape index (κ1) is 9.94. The van der Waals surface area contributed by atoms with Crippen LogP contribution in [0, 0.1) is 0 Å². The molecule has 2 heterocycles. The van der Waals surface area contributed by atoms with Crippen molar-refractivity contribution in [3.8, 4) is 0 Å². The number of pyridine rings is 1. The lowest BCUT2D eigenvalue weighted by molar-refractivity contribution is 0.203. The predicted molar refractivity (Wildman–Crippen MR) is 58.5 cm³/mol. The summed E-state index contributed by atoms with van der Waals surface area (Å²) >= 11 is 5.85. The van der Waals surface area contributed by atoms with Crippen LogP contribution in [0.3, 0.4) is 0 Å². The minimum atomic E-state index is 0.610. The summed E-state index contributed by atoms with van der Waals surface area (Å²) in [5, 5.41) is 0.613. The second kappa shape index (κ2) is 3.87. The maximum Gasteiger partial charge on any atom is 0.129 e. The van der Waals surface area contributed by atoms with Crippen molar-refractivity contribution in [2.24, 2.45) is 0 Å². The highest BCUT2D eigenvalue weighted by Crippen LogP contribution is 2.21. The minimum Gasteiger partial charge on any atom is -0.296 e. The first-order valence-electron chi connectivity index (χ1n) is 5.04. The van der Waals surface area contributed by atoms with E-state index in [1.165, 1.54) is 11.1 Å². The summed E-state index contributed by atoms with van der Waals surface area (Å²) in [5.41, 5.74) is 2.69. The molecule has 1 aliphatic rings. The largest absolute Gasteiger partial charge is 0.296 e. The second-order valence-electron chi connectivity index (χ2n) is 4.09. The molecule has 0 saturated heterocycles. The van der Waals surface area contributed by atoms with Crippen LogP contribution in [0.25, 0.3) is 0 Å². The van der Waals surface area contributed by atoms with Crippen LogP contribution in [0.1, 0.15) is 25.0 Å². The van der Waals surface area contributed by atoms with Gasteiger partial charge in [-0.15, -0.1) is 0 Å². The normalized spacial score (nSPS) is 17.1. The fourth-order valence-electron chi connectivity index (χ4n) is 1.87. The fraction of sp³-hybridized carbons (Fsp3) is 0.545. The van der Waals surface area contributed by atoms with Gasteiger partial charge < -0.3 is 0 Å². The lowest BCUT2D eigenvalue weighted by atomic mass is 10.0. The van der Waals surface area contributed by atoms with E-state index in [1.807, 2.05) is 12.3 Å². The summed E-state index contributed by atoms with van der Waals surface area (Å²) in [7, 11) is 0. The van der Waals surface area contributed by atoms with Crippen molar-refractivity contribution in [2.45, 2.75) is 32.9 Å². The quantitative estimate of drug-likeness (QED) is 0.663. The van der Waals surface area contributed by atoms with Crippen LogP contribution < -0.4 is 0 Å². The van der Waals surface area contributed by atoms with E-state index in [2.05, 4.69) is 23.7 Å². The Hall–Kier alpha value is -0.600. The van der Waals surface area contributed by atoms with Gasteiger partial charge in [0.05, 0.1) is 0 Å². The molecule has 2 nitrogen and oxygen atoms in total. The average molecular weight is 211 g/mol. The number of aromatic nitrogens is 1. The van der Waals surface area contributed by atoms with E-state index in [-0.39, 0.29) is 0 Å². The van der Waals surface area contributed by atoms with E-state index in [1.54, 1.807) is 0 Å². The molecule has 0 amide bonds. The highest BCUT2D eigenvalue weighted by molar-refractivity contribution is 6.29. The third-order valence-corrected chi connectivity index (χ3v) is 3.03. The molecule has 0 spiro atoms. The van der Waals surface area contributed by atoms with Crippen molar-refractivity contribution in [3.63, 3.8) is 0 Å². The van der Waals surface area contributed by atoms with Crippen molar-refractivity contribution in [3.05, 3.63) is 28.5 Å². The summed E-state index contributed by atoms with van der Waals surface area (Å²) in [6, 6.07) is 2.60. The van der Waals surface area contributed by atoms with Crippen molar-refractivity contribution in [2.75, 3.05) is 6.54 Å². The standard InChI is InChI=1S/C11H15ClN2/c1-8(2)14-4-3-9-5-11(12)13-6-10(9)7-14/h5-6,8H,3-4,7H2,1-2H3. The Morgan fingerprint density at radius 3 is 2.93 bits per heavy atom. The highest BCUT2D eigenvalue weighted by Gasteiger charge is 2.18. The van der Waals surface area contributed by atoms with Gasteiger partial charge in [0.2, 0.25) is 0 Å². The van der Waals surface area contributed by atoms with Crippen molar-refractivity contribution in [1.82, 2.24) is 9.88 Å². The van der Waals surface area contributed by atoms with Gasteiger partial charge in [0.15, 0.2) is 0 Å². The second-order valence-corrected chi connectivity index (χ2v) is 4.48. The Labute approximate surface area is 89.9 Å². The first-order valence-corrected chi connectivity index (χ1v) is 5.42. The van der Waals surface area contributed by atoms with Gasteiger partial charge in [-0.2, -0.15) is 0 Å². The fourth-order valence-corrected chi connectivity index (χ4v) is 2.05. The van der Waals surface area contributed by atoms with E-state index in [0.29, 0.717) is 11.2 Å². The van der Waals surface area contributed by atoms with Gasteiger partial charge in [-0.3, -0.25) is 4.90 Å². The number of hydrogen-bond donors (Lipinski definition) is 0. The number of fused-ring (bicyclic) bond motifs is 1. The van der Waals surface area contributed by atoms with Crippen molar-refractivity contribution >= 4 is 11.6 Å². The van der Waals surface area contributed by atoms with Crippen LogP contribution in [0.5, 0.6) is 0 Å². The molecule has 0 bridgehead atoms. The summed E-state index contributed by atoms with van der Waals surface area (Å²) in [5.74, 6) is 0. The zero-order chi connectivity index (χ0) is 10.1. The summed E-state index contributed by atoms with van der Waals surface area (Å²) in [4.78, 5) is 6.58. The summed E-state index contributed by atoms with van der Waals surface area (Å²) in [6.07, 6.45) is 3.00. The zero-order valence-corrected chi connectivity index (χ0v) is 9.38. The Bertz CT molecular complexity index is 336. The molecule has 76 valence electrons. The molecular formula is C11H15ClN2. The average Bonchev–Trinajstić information content (AvgIpc) is 2.16. The van der Waals surface area contributed by atoms with Crippen LogP contribution in [-0.4, -0.2) is 22.5 Å². The maximum absolute atomic E-state index is 5.85. The molecule has 0 fully saturated rings. The molecule has 1 aromatic rings. The Morgan fingerprint density at radius 1 is 1.43 bits per heavy atom. The highest BCUT2D eigenvalue weighted by atomic mass is 35.5. The monoisotopic (exact) mass is 210 g/mol. The molecular weight excluding hydrogens is 196 g/mol. The van der Waals surface area contributed by atoms with Gasteiger partial charge in [-0.1, -0.05) is 11.6 Å². The summed E-state index contributed by atoms with van der Waals surface area (Å²) in [6.45, 7) is 6.60. The lowest BCUT2D eigenvalue weighted by Crippen LogP contribution is -2.35. The van der Waals surface area contributed by atoms with Crippen molar-refractivity contribution in [1.29, 1.82) is 0 Å². The van der Waals surface area contributed by atoms with Crippen LogP contribution in [0.15, 0.2) is 12.3 Å². The number of nitrogens with zero attached hydrogens (tertiary/aromatic N) is 2. The molecule has 14 heavy (non-hydrogen) atoms. The lowest BCUT2D eigenvalue weighted by Gasteiger charge is -2.31. The van der Waals surface area contributed by atoms with Crippen LogP contribution in [0.2, 0.25) is 5.15 Å². The molecule has 1 aromatic heterocycles. The maximum atomic E-state index is 5.85. The molecule has 0 aromatic carbocycles. The Balaban J connectivity index is 2.23. The third kappa shape index (κ3) is 1.91. The van der Waals surface area contributed by atoms with Gasteiger partial charge in [-0.25, -0.2) is 4.98 Å². The number of halogens is 1. The van der Waals surface area contributed by atoms with E-state index in [4.69, 9.17) is 11.6 Å². The molecule has 2 rings (SSSR count). The Morgan fingerprint density at radius 2 is 2.21 bits per heavy atom. The van der Waals surface area contributed by atoms with Gasteiger partial charge in [0.1, 0.15) is 5.15 Å². The molecule has 0 N–H and O–H groups in total. The molecule has 1 aliphatic heterocycles. The van der Waals surface area contributed by atoms with Crippen LogP contribution in [-0.2, 0) is 13.0 Å². The van der Waals surface area contributed by atoms with E-state index in [9.17, 15) is 0 Å². The van der Waals surface area contributed by atoms with Crippen molar-refractivity contribution < 1.29 is 0 Å². The van der Waals surface area contributed by atoms with Gasteiger partial charge in [0.25, 0.3) is 0 Å². The third-order valence-electron chi connectivity index (χ3n) is 2.82. The van der Waals surface area contributed by atoms with E-state index in [0.717, 1.165) is 19.5 Å². The van der Waals surface area contributed by atoms with Gasteiger partial charge in [0, 0.05) is 25.3 Å². The topological polar surface area (TPSA) is 16.1 Å². The number of hydrogen-bond acceptors (Lipinski definition) is 2. The smallest absolute Gasteiger partial charge is 0.129 e. The van der Waals surface area contributed by atoms with Crippen LogP contribution >= 0.6 is 11.6 Å². The molecule has 0 radical (unpaired) electrons. The zero-order valence-electron chi connectivity index (χ0n) is 8.63. The Kier molecular flexibility index (Phi) is 2.75. The van der Waals surface area contributed by atoms with Gasteiger partial charge >= 0.3 is 0 Å².